The SMILES string of the molecule is O=C1[N+]=CN=CN1. The van der Waals surface area contributed by atoms with Gasteiger partial charge < -0.3 is 0 Å². The molecule has 1 rings (SSSR count). The van der Waals surface area contributed by atoms with Gasteiger partial charge in [0, 0.05) is 0 Å². The van der Waals surface area contributed by atoms with Gasteiger partial charge in [-0.1, -0.05) is 4.99 Å². The van der Waals surface area contributed by atoms with Crippen molar-refractivity contribution in [2.75, 3.05) is 0 Å². The summed E-state index contributed by atoms with van der Waals surface area (Å²) in [6.45, 7) is 0. The Hall–Kier alpha value is -1.19. The Bertz CT molecular complexity index is 137. The molecule has 7 heavy (non-hydrogen) atoms. The van der Waals surface area contributed by atoms with Gasteiger partial charge >= 0.3 is 6.03 Å². The van der Waals surface area contributed by atoms with E-state index in [9.17, 15) is 4.79 Å². The van der Waals surface area contributed by atoms with Gasteiger partial charge in [-0.3, -0.25) is 0 Å². The van der Waals surface area contributed by atoms with Crippen LogP contribution in [0.5, 0.6) is 0 Å². The molecule has 0 spiro atoms. The summed E-state index contributed by atoms with van der Waals surface area (Å²) in [5, 5.41) is 2.25. The van der Waals surface area contributed by atoms with Crippen molar-refractivity contribution in [3.05, 3.63) is 0 Å². The predicted molar refractivity (Wildman–Crippen MR) is 25.2 cm³/mol. The summed E-state index contributed by atoms with van der Waals surface area (Å²) in [6.07, 6.45) is 2.48. The van der Waals surface area contributed by atoms with Crippen LogP contribution in [0.2, 0.25) is 0 Å². The lowest BCUT2D eigenvalue weighted by molar-refractivity contribution is 0.250. The number of carbonyl (C=O) groups is 1. The van der Waals surface area contributed by atoms with Crippen LogP contribution in [0.25, 0.3) is 0 Å². The molecule has 1 heterocycles. The maximum atomic E-state index is 10.1. The van der Waals surface area contributed by atoms with Crippen LogP contribution in [-0.2, 0) is 0 Å². The molecule has 35 valence electrons. The first-order valence-corrected chi connectivity index (χ1v) is 1.74. The van der Waals surface area contributed by atoms with Gasteiger partial charge in [0.05, 0.1) is 0 Å². The summed E-state index contributed by atoms with van der Waals surface area (Å²) in [5.41, 5.74) is 0. The van der Waals surface area contributed by atoms with Gasteiger partial charge in [-0.25, -0.2) is 10.1 Å². The largest absolute Gasteiger partial charge is 0.476 e. The van der Waals surface area contributed by atoms with E-state index in [2.05, 4.69) is 15.3 Å². The number of carbonyl (C=O) groups excluding carboxylic acids is 1. The highest BCUT2D eigenvalue weighted by Gasteiger charge is 2.04. The van der Waals surface area contributed by atoms with E-state index in [0.29, 0.717) is 0 Å². The summed E-state index contributed by atoms with van der Waals surface area (Å²) in [7, 11) is 0. The Kier molecular flexibility index (Phi) is 0.856. The topological polar surface area (TPSA) is 55.6 Å². The molecule has 0 atom stereocenters. The summed E-state index contributed by atoms with van der Waals surface area (Å²) in [4.78, 5) is 16.8. The highest BCUT2D eigenvalue weighted by atomic mass is 16.2. The van der Waals surface area contributed by atoms with Crippen LogP contribution in [0.3, 0.4) is 0 Å². The fraction of sp³-hybridized carbons (Fsp3) is 0. The molecule has 0 aliphatic carbocycles. The second-order valence-electron chi connectivity index (χ2n) is 0.972. The molecule has 1 aliphatic heterocycles. The van der Waals surface area contributed by atoms with Crippen molar-refractivity contribution in [3.8, 4) is 0 Å². The lowest BCUT2D eigenvalue weighted by atomic mass is 10.9. The first-order chi connectivity index (χ1) is 3.39. The number of nitrogens with zero attached hydrogens (tertiary/aromatic N) is 2. The summed E-state index contributed by atoms with van der Waals surface area (Å²) < 4.78 is 0. The Balaban J connectivity index is 2.66. The molecular formula is C3H3N3O+. The molecule has 1 aliphatic rings. The van der Waals surface area contributed by atoms with E-state index in [1.165, 1.54) is 12.7 Å². The monoisotopic (exact) mass is 97.0 g/mol. The molecule has 2 amide bonds. The second kappa shape index (κ2) is 1.51. The molecule has 0 aromatic heterocycles. The molecule has 0 aromatic carbocycles. The molecular weight excluding hydrogens is 94.1 g/mol. The van der Waals surface area contributed by atoms with Crippen molar-refractivity contribution < 1.29 is 4.79 Å². The smallest absolute Gasteiger partial charge is 0.211 e. The van der Waals surface area contributed by atoms with Crippen LogP contribution in [0, 0.1) is 0 Å². The molecule has 0 bridgehead atoms. The molecule has 0 fully saturated rings. The van der Waals surface area contributed by atoms with Crippen LogP contribution in [0.15, 0.2) is 4.99 Å². The quantitative estimate of drug-likeness (QED) is 0.418. The number of amides is 2. The van der Waals surface area contributed by atoms with E-state index in [4.69, 9.17) is 0 Å². The minimum absolute atomic E-state index is 0.366. The third-order valence-electron chi connectivity index (χ3n) is 0.504. The number of hydrogen-bond acceptors (Lipinski definition) is 2. The Morgan fingerprint density at radius 3 is 3.00 bits per heavy atom. The lowest BCUT2D eigenvalue weighted by Gasteiger charge is -1.79. The van der Waals surface area contributed by atoms with Gasteiger partial charge in [0.1, 0.15) is 0 Å². The van der Waals surface area contributed by atoms with Crippen molar-refractivity contribution in [1.82, 2.24) is 10.3 Å². The van der Waals surface area contributed by atoms with Crippen molar-refractivity contribution in [3.63, 3.8) is 0 Å². The van der Waals surface area contributed by atoms with E-state index < -0.39 is 0 Å². The second-order valence-corrected chi connectivity index (χ2v) is 0.972. The fourth-order valence-electron chi connectivity index (χ4n) is 0.249. The van der Waals surface area contributed by atoms with E-state index >= 15 is 0 Å². The lowest BCUT2D eigenvalue weighted by Crippen LogP contribution is -2.27. The minimum Gasteiger partial charge on any atom is -0.211 e. The maximum absolute atomic E-state index is 10.1. The standard InChI is InChI=1S/C3H3N3O/c7-3-5-1-4-2-6-3/h1-2H,(H,4,5,7)/q+1. The zero-order valence-electron chi connectivity index (χ0n) is 3.46. The number of urea groups is 1. The van der Waals surface area contributed by atoms with E-state index in [0.717, 1.165) is 0 Å². The average Bonchev–Trinajstić information content (AvgIpc) is 1.69. The fourth-order valence-corrected chi connectivity index (χ4v) is 0.249. The first-order valence-electron chi connectivity index (χ1n) is 1.74. The van der Waals surface area contributed by atoms with Crippen molar-refractivity contribution in [1.29, 1.82) is 0 Å². The third kappa shape index (κ3) is 0.819. The van der Waals surface area contributed by atoms with Gasteiger partial charge in [-0.2, -0.15) is 0 Å². The van der Waals surface area contributed by atoms with E-state index in [-0.39, 0.29) is 6.03 Å². The van der Waals surface area contributed by atoms with Gasteiger partial charge in [0.2, 0.25) is 6.34 Å². The van der Waals surface area contributed by atoms with Crippen LogP contribution >= 0.6 is 0 Å². The zero-order chi connectivity index (χ0) is 5.11. The van der Waals surface area contributed by atoms with E-state index in [1.54, 1.807) is 0 Å². The van der Waals surface area contributed by atoms with Crippen LogP contribution in [0.1, 0.15) is 0 Å². The summed E-state index contributed by atoms with van der Waals surface area (Å²) >= 11 is 0. The maximum Gasteiger partial charge on any atom is 0.476 e. The molecule has 1 radical (unpaired) electrons. The van der Waals surface area contributed by atoms with Gasteiger partial charge in [-0.15, -0.1) is 0 Å². The number of hydrogen-bond donors (Lipinski definition) is 1. The molecule has 0 unspecified atom stereocenters. The van der Waals surface area contributed by atoms with Crippen molar-refractivity contribution in [2.24, 2.45) is 4.99 Å². The Morgan fingerprint density at radius 2 is 2.71 bits per heavy atom. The van der Waals surface area contributed by atoms with Gasteiger partial charge in [0.15, 0.2) is 0 Å². The van der Waals surface area contributed by atoms with Crippen molar-refractivity contribution in [2.45, 2.75) is 0 Å². The highest BCUT2D eigenvalue weighted by molar-refractivity contribution is 5.95. The number of rotatable bonds is 0. The van der Waals surface area contributed by atoms with Crippen molar-refractivity contribution >= 4 is 18.7 Å². The molecule has 1 N–H and O–H groups in total. The van der Waals surface area contributed by atoms with Gasteiger partial charge in [-0.05, 0) is 4.99 Å². The van der Waals surface area contributed by atoms with Crippen LogP contribution in [-0.4, -0.2) is 18.7 Å². The van der Waals surface area contributed by atoms with Crippen LogP contribution in [0.4, 0.5) is 4.79 Å². The Labute approximate surface area is 40.0 Å². The molecule has 0 aromatic rings. The number of nitrogens with one attached hydrogen (secondary N) is 1. The third-order valence-corrected chi connectivity index (χ3v) is 0.504. The predicted octanol–water partition coefficient (Wildman–Crippen LogP) is -0.898. The van der Waals surface area contributed by atoms with Crippen LogP contribution < -0.4 is 10.3 Å². The molecule has 4 heteroatoms. The van der Waals surface area contributed by atoms with E-state index in [1.807, 2.05) is 0 Å². The average molecular weight is 97.1 g/mol. The summed E-state index contributed by atoms with van der Waals surface area (Å²) in [5.74, 6) is 0. The number of aliphatic imine (C=N–C) groups is 2. The summed E-state index contributed by atoms with van der Waals surface area (Å²) in [6, 6.07) is -0.366. The molecule has 0 saturated heterocycles. The normalized spacial score (nSPS) is 16.9. The first kappa shape index (κ1) is 3.98. The molecule has 0 saturated carbocycles. The minimum atomic E-state index is -0.366. The van der Waals surface area contributed by atoms with Gasteiger partial charge in [0.25, 0.3) is 6.34 Å². The molecule has 4 nitrogen and oxygen atoms in total. The zero-order valence-corrected chi connectivity index (χ0v) is 3.46. The Morgan fingerprint density at radius 1 is 1.86 bits per heavy atom. The highest BCUT2D eigenvalue weighted by Crippen LogP contribution is 1.62.